The van der Waals surface area contributed by atoms with Crippen LogP contribution in [0.5, 0.6) is 0 Å². The Morgan fingerprint density at radius 1 is 1.32 bits per heavy atom. The van der Waals surface area contributed by atoms with E-state index in [-0.39, 0.29) is 12.1 Å². The van der Waals surface area contributed by atoms with Crippen molar-refractivity contribution in [2.45, 2.75) is 26.4 Å². The number of carbonyl (C=O) groups excluding carboxylic acids is 1. The summed E-state index contributed by atoms with van der Waals surface area (Å²) in [4.78, 5) is 22.4. The quantitative estimate of drug-likeness (QED) is 0.623. The summed E-state index contributed by atoms with van der Waals surface area (Å²) in [6.45, 7) is 5.59. The Bertz CT molecular complexity index is 974. The minimum Gasteiger partial charge on any atom is -0.462 e. The van der Waals surface area contributed by atoms with E-state index in [1.807, 2.05) is 25.1 Å². The van der Waals surface area contributed by atoms with Gasteiger partial charge in [0.25, 0.3) is 0 Å². The van der Waals surface area contributed by atoms with Gasteiger partial charge in [-0.3, -0.25) is 0 Å². The van der Waals surface area contributed by atoms with Gasteiger partial charge >= 0.3 is 5.97 Å². The summed E-state index contributed by atoms with van der Waals surface area (Å²) < 4.78 is 11.2. The average molecular weight is 398 g/mol. The molecule has 0 radical (unpaired) electrons. The van der Waals surface area contributed by atoms with Gasteiger partial charge in [0.05, 0.1) is 18.1 Å². The standard InChI is InChI=1S/C21H23N3O3S/c1-3-26-21(25)18-13(2)16-19(23-12-24-20(16)28-18)22-11-15-9-10-27-17(15)14-7-5-4-6-8-14/h4-8,12,15,17H,3,9-11H2,1-2H3,(H,22,23,24). The lowest BCUT2D eigenvalue weighted by atomic mass is 9.95. The number of nitrogens with zero attached hydrogens (tertiary/aromatic N) is 2. The van der Waals surface area contributed by atoms with Crippen molar-refractivity contribution < 1.29 is 14.3 Å². The molecule has 1 aliphatic rings. The summed E-state index contributed by atoms with van der Waals surface area (Å²) in [7, 11) is 0. The molecule has 2 unspecified atom stereocenters. The average Bonchev–Trinajstić information content (AvgIpc) is 3.32. The van der Waals surface area contributed by atoms with E-state index in [2.05, 4.69) is 27.4 Å². The highest BCUT2D eigenvalue weighted by atomic mass is 32.1. The molecule has 28 heavy (non-hydrogen) atoms. The third kappa shape index (κ3) is 3.59. The summed E-state index contributed by atoms with van der Waals surface area (Å²) >= 11 is 1.35. The van der Waals surface area contributed by atoms with Crippen molar-refractivity contribution in [2.24, 2.45) is 5.92 Å². The number of thiophene rings is 1. The van der Waals surface area contributed by atoms with Crippen LogP contribution in [0.1, 0.15) is 40.2 Å². The van der Waals surface area contributed by atoms with E-state index in [9.17, 15) is 4.79 Å². The fourth-order valence-corrected chi connectivity index (χ4v) is 4.72. The molecule has 1 aromatic carbocycles. The number of aromatic nitrogens is 2. The molecule has 3 aromatic rings. The molecule has 0 amide bonds. The maximum atomic E-state index is 12.2. The summed E-state index contributed by atoms with van der Waals surface area (Å²) in [6.07, 6.45) is 2.62. The van der Waals surface area contributed by atoms with Gasteiger partial charge in [-0.15, -0.1) is 11.3 Å². The number of fused-ring (bicyclic) bond motifs is 1. The largest absolute Gasteiger partial charge is 0.462 e. The predicted molar refractivity (Wildman–Crippen MR) is 110 cm³/mol. The maximum Gasteiger partial charge on any atom is 0.348 e. The SMILES string of the molecule is CCOC(=O)c1sc2ncnc(NCC3CCOC3c3ccccc3)c2c1C. The lowest BCUT2D eigenvalue weighted by Gasteiger charge is -2.20. The number of esters is 1. The molecule has 3 heterocycles. The van der Waals surface area contributed by atoms with Gasteiger partial charge in [-0.2, -0.15) is 0 Å². The number of carbonyl (C=O) groups is 1. The van der Waals surface area contributed by atoms with Crippen LogP contribution in [0.2, 0.25) is 0 Å². The first kappa shape index (κ1) is 18.8. The zero-order valence-corrected chi connectivity index (χ0v) is 16.8. The minimum atomic E-state index is -0.303. The molecule has 0 saturated carbocycles. The van der Waals surface area contributed by atoms with Crippen molar-refractivity contribution in [2.75, 3.05) is 25.1 Å². The highest BCUT2D eigenvalue weighted by Crippen LogP contribution is 2.36. The van der Waals surface area contributed by atoms with Crippen molar-refractivity contribution in [1.29, 1.82) is 0 Å². The van der Waals surface area contributed by atoms with E-state index in [1.165, 1.54) is 23.2 Å². The summed E-state index contributed by atoms with van der Waals surface area (Å²) in [5.74, 6) is 0.811. The summed E-state index contributed by atoms with van der Waals surface area (Å²) in [5.41, 5.74) is 2.07. The minimum absolute atomic E-state index is 0.0877. The predicted octanol–water partition coefficient (Wildman–Crippen LogP) is 4.37. The molecule has 0 bridgehead atoms. The van der Waals surface area contributed by atoms with Crippen LogP contribution in [-0.2, 0) is 9.47 Å². The number of anilines is 1. The van der Waals surface area contributed by atoms with Crippen molar-refractivity contribution in [3.8, 4) is 0 Å². The normalized spacial score (nSPS) is 19.1. The van der Waals surface area contributed by atoms with Crippen LogP contribution in [0.25, 0.3) is 10.2 Å². The third-order valence-corrected chi connectivity index (χ3v) is 6.24. The highest BCUT2D eigenvalue weighted by Gasteiger charge is 2.30. The molecule has 7 heteroatoms. The molecule has 2 atom stereocenters. The molecule has 1 fully saturated rings. The second kappa shape index (κ2) is 8.24. The molecule has 4 rings (SSSR count). The Balaban J connectivity index is 1.56. The Kier molecular flexibility index (Phi) is 5.54. The summed E-state index contributed by atoms with van der Waals surface area (Å²) in [5, 5.41) is 4.37. The number of hydrogen-bond donors (Lipinski definition) is 1. The number of nitrogens with one attached hydrogen (secondary N) is 1. The van der Waals surface area contributed by atoms with Crippen LogP contribution >= 0.6 is 11.3 Å². The van der Waals surface area contributed by atoms with E-state index in [0.29, 0.717) is 17.4 Å². The van der Waals surface area contributed by atoms with Crippen molar-refractivity contribution in [1.82, 2.24) is 9.97 Å². The molecular formula is C21H23N3O3S. The topological polar surface area (TPSA) is 73.3 Å². The second-order valence-corrected chi connectivity index (χ2v) is 7.81. The lowest BCUT2D eigenvalue weighted by molar-refractivity contribution is 0.0531. The van der Waals surface area contributed by atoms with Gasteiger partial charge in [0.1, 0.15) is 21.9 Å². The Hall–Kier alpha value is -2.51. The van der Waals surface area contributed by atoms with Crippen LogP contribution in [0.15, 0.2) is 36.7 Å². The number of aryl methyl sites for hydroxylation is 1. The van der Waals surface area contributed by atoms with Gasteiger partial charge in [-0.1, -0.05) is 30.3 Å². The van der Waals surface area contributed by atoms with Gasteiger partial charge in [0.2, 0.25) is 0 Å². The van der Waals surface area contributed by atoms with Gasteiger partial charge in [0.15, 0.2) is 0 Å². The first-order valence-corrected chi connectivity index (χ1v) is 10.3. The maximum absolute atomic E-state index is 12.2. The molecule has 2 aromatic heterocycles. The molecule has 0 aliphatic carbocycles. The second-order valence-electron chi connectivity index (χ2n) is 6.81. The Morgan fingerprint density at radius 2 is 2.14 bits per heavy atom. The van der Waals surface area contributed by atoms with Crippen LogP contribution in [0, 0.1) is 12.8 Å². The van der Waals surface area contributed by atoms with Crippen molar-refractivity contribution in [3.63, 3.8) is 0 Å². The Morgan fingerprint density at radius 3 is 2.93 bits per heavy atom. The molecular weight excluding hydrogens is 374 g/mol. The monoisotopic (exact) mass is 397 g/mol. The number of hydrogen-bond acceptors (Lipinski definition) is 7. The molecule has 6 nitrogen and oxygen atoms in total. The van der Waals surface area contributed by atoms with Gasteiger partial charge in [-0.25, -0.2) is 14.8 Å². The molecule has 0 spiro atoms. The first-order valence-electron chi connectivity index (χ1n) is 9.50. The summed E-state index contributed by atoms with van der Waals surface area (Å²) in [6, 6.07) is 10.3. The molecule has 1 N–H and O–H groups in total. The molecule has 1 saturated heterocycles. The smallest absolute Gasteiger partial charge is 0.348 e. The fraction of sp³-hybridized carbons (Fsp3) is 0.381. The fourth-order valence-electron chi connectivity index (χ4n) is 3.68. The van der Waals surface area contributed by atoms with E-state index in [4.69, 9.17) is 9.47 Å². The number of benzene rings is 1. The lowest BCUT2D eigenvalue weighted by Crippen LogP contribution is -2.18. The zero-order valence-electron chi connectivity index (χ0n) is 16.0. The van der Waals surface area contributed by atoms with Crippen molar-refractivity contribution in [3.05, 3.63) is 52.7 Å². The van der Waals surface area contributed by atoms with Crippen LogP contribution in [0.4, 0.5) is 5.82 Å². The zero-order chi connectivity index (χ0) is 19.5. The van der Waals surface area contributed by atoms with Crippen LogP contribution in [0.3, 0.4) is 0 Å². The van der Waals surface area contributed by atoms with E-state index >= 15 is 0 Å². The number of ether oxygens (including phenoxy) is 2. The van der Waals surface area contributed by atoms with E-state index < -0.39 is 0 Å². The van der Waals surface area contributed by atoms with E-state index in [0.717, 1.165) is 41.2 Å². The van der Waals surface area contributed by atoms with Gasteiger partial charge in [0, 0.05) is 19.1 Å². The van der Waals surface area contributed by atoms with Crippen molar-refractivity contribution >= 4 is 33.3 Å². The number of rotatable bonds is 6. The molecule has 1 aliphatic heterocycles. The van der Waals surface area contributed by atoms with Gasteiger partial charge in [-0.05, 0) is 31.4 Å². The highest BCUT2D eigenvalue weighted by molar-refractivity contribution is 7.20. The van der Waals surface area contributed by atoms with Gasteiger partial charge < -0.3 is 14.8 Å². The van der Waals surface area contributed by atoms with E-state index in [1.54, 1.807) is 6.92 Å². The van der Waals surface area contributed by atoms with Crippen LogP contribution in [-0.4, -0.2) is 35.7 Å². The molecule has 146 valence electrons. The van der Waals surface area contributed by atoms with Crippen LogP contribution < -0.4 is 5.32 Å². The Labute approximate surface area is 167 Å². The third-order valence-electron chi connectivity index (χ3n) is 5.06. The first-order chi connectivity index (χ1) is 13.7.